The predicted molar refractivity (Wildman–Crippen MR) is 139 cm³/mol. The van der Waals surface area contributed by atoms with E-state index >= 15 is 0 Å². The Balaban J connectivity index is 1.33. The van der Waals surface area contributed by atoms with Gasteiger partial charge in [-0.3, -0.25) is 14.5 Å². The Morgan fingerprint density at radius 2 is 2.09 bits per heavy atom. The number of ether oxygens (including phenoxy) is 1. The van der Waals surface area contributed by atoms with Crippen molar-refractivity contribution in [2.45, 2.75) is 75.9 Å². The number of nitrogens with zero attached hydrogens (tertiary/aromatic N) is 2. The topological polar surface area (TPSA) is 83.6 Å². The van der Waals surface area contributed by atoms with Crippen LogP contribution in [0.5, 0.6) is 5.88 Å². The summed E-state index contributed by atoms with van der Waals surface area (Å²) in [4.78, 5) is 32.7. The molecule has 2 amide bonds. The van der Waals surface area contributed by atoms with Crippen LogP contribution in [-0.2, 0) is 9.59 Å². The summed E-state index contributed by atoms with van der Waals surface area (Å²) in [5, 5.41) is 8.03. The molecule has 0 aromatic carbocycles. The Bertz CT molecular complexity index is 1070. The molecule has 2 bridgehead atoms. The minimum Gasteiger partial charge on any atom is -0.480 e. The first-order valence-corrected chi connectivity index (χ1v) is 13.7. The van der Waals surface area contributed by atoms with Crippen molar-refractivity contribution in [3.8, 4) is 5.88 Å². The van der Waals surface area contributed by atoms with Gasteiger partial charge >= 0.3 is 0 Å². The highest BCUT2D eigenvalue weighted by atomic mass is 35.5. The van der Waals surface area contributed by atoms with Crippen molar-refractivity contribution in [3.05, 3.63) is 34.3 Å². The van der Waals surface area contributed by atoms with Gasteiger partial charge < -0.3 is 15.4 Å². The Morgan fingerprint density at radius 1 is 1.34 bits per heavy atom. The zero-order valence-corrected chi connectivity index (χ0v) is 21.8. The summed E-state index contributed by atoms with van der Waals surface area (Å²) in [5.74, 6) is 1.74. The zero-order valence-electron chi connectivity index (χ0n) is 20.3. The number of hydrogen-bond donors (Lipinski definition) is 2. The van der Waals surface area contributed by atoms with E-state index in [0.29, 0.717) is 22.5 Å². The Labute approximate surface area is 215 Å². The third-order valence-corrected chi connectivity index (χ3v) is 9.37. The monoisotopic (exact) mass is 516 g/mol. The predicted octanol–water partition coefficient (Wildman–Crippen LogP) is 5.56. The molecule has 4 saturated carbocycles. The molecular weight excluding hydrogens is 484 g/mol. The summed E-state index contributed by atoms with van der Waals surface area (Å²) < 4.78 is 5.35. The Morgan fingerprint density at radius 3 is 2.71 bits per heavy atom. The fourth-order valence-electron chi connectivity index (χ4n) is 5.87. The number of methoxy groups -OCH3 is 1. The van der Waals surface area contributed by atoms with Gasteiger partial charge in [-0.05, 0) is 62.6 Å². The standard InChI is InChI=1S/C26H33ClN4O3S/c1-16(29-20-10-19(27)14-28-25(20)34-2)22-7-8-23(35-22)31(15-32)21(9-17-5-3-4-6-17)24(33)30-26-11-18(12-26)13-26/h7-8,10,14-18,21,29H,3-6,9,11-13H2,1-2H3,(H,30,33)/t16-,18?,21+,26?/m1/s1. The second-order valence-corrected chi connectivity index (χ2v) is 11.9. The van der Waals surface area contributed by atoms with E-state index in [2.05, 4.69) is 15.6 Å². The van der Waals surface area contributed by atoms with Gasteiger partial charge in [0.2, 0.25) is 18.2 Å². The SMILES string of the molecule is COc1ncc(Cl)cc1N[C@H](C)c1ccc(N(C=O)[C@@H](CC2CCCC2)C(=O)NC23CC(C2)C3)s1. The zero-order chi connectivity index (χ0) is 24.6. The highest BCUT2D eigenvalue weighted by Gasteiger charge is 2.57. The van der Waals surface area contributed by atoms with E-state index in [9.17, 15) is 9.59 Å². The molecule has 4 aliphatic rings. The van der Waals surface area contributed by atoms with Gasteiger partial charge in [-0.25, -0.2) is 4.98 Å². The maximum Gasteiger partial charge on any atom is 0.243 e. The summed E-state index contributed by atoms with van der Waals surface area (Å²) in [6.07, 6.45) is 11.0. The third kappa shape index (κ3) is 5.00. The minimum absolute atomic E-state index is 0.00184. The number of carbonyl (C=O) groups excluding carboxylic acids is 2. The molecule has 2 atom stereocenters. The van der Waals surface area contributed by atoms with E-state index < -0.39 is 6.04 Å². The largest absolute Gasteiger partial charge is 0.480 e. The highest BCUT2D eigenvalue weighted by Crippen LogP contribution is 2.57. The van der Waals surface area contributed by atoms with E-state index in [1.807, 2.05) is 19.1 Å². The van der Waals surface area contributed by atoms with Gasteiger partial charge in [0.1, 0.15) is 6.04 Å². The molecular formula is C26H33ClN4O3S. The van der Waals surface area contributed by atoms with E-state index in [1.54, 1.807) is 24.3 Å². The molecule has 2 heterocycles. The van der Waals surface area contributed by atoms with Crippen LogP contribution < -0.4 is 20.3 Å². The molecule has 188 valence electrons. The summed E-state index contributed by atoms with van der Waals surface area (Å²) in [7, 11) is 1.57. The van der Waals surface area contributed by atoms with Crippen molar-refractivity contribution in [3.63, 3.8) is 0 Å². The summed E-state index contributed by atoms with van der Waals surface area (Å²) in [5.41, 5.74) is 0.694. The number of halogens is 1. The van der Waals surface area contributed by atoms with Crippen LogP contribution in [0.4, 0.5) is 10.7 Å². The van der Waals surface area contributed by atoms with Crippen molar-refractivity contribution in [1.82, 2.24) is 10.3 Å². The molecule has 35 heavy (non-hydrogen) atoms. The molecule has 0 unspecified atom stereocenters. The number of carbonyl (C=O) groups is 2. The fraction of sp³-hybridized carbons (Fsp3) is 0.577. The first-order chi connectivity index (χ1) is 16.9. The van der Waals surface area contributed by atoms with Crippen LogP contribution in [0.2, 0.25) is 5.02 Å². The van der Waals surface area contributed by atoms with Gasteiger partial charge in [0, 0.05) is 16.6 Å². The van der Waals surface area contributed by atoms with Crippen LogP contribution in [0.25, 0.3) is 0 Å². The van der Waals surface area contributed by atoms with Gasteiger partial charge in [-0.2, -0.15) is 0 Å². The Hall–Kier alpha value is -2.32. The molecule has 7 nitrogen and oxygen atoms in total. The van der Waals surface area contributed by atoms with E-state index in [0.717, 1.165) is 60.7 Å². The fourth-order valence-corrected chi connectivity index (χ4v) is 7.06. The smallest absolute Gasteiger partial charge is 0.243 e. The second kappa shape index (κ2) is 9.97. The molecule has 0 spiro atoms. The maximum atomic E-state index is 13.5. The molecule has 0 aliphatic heterocycles. The van der Waals surface area contributed by atoms with Crippen molar-refractivity contribution in [2.75, 3.05) is 17.3 Å². The molecule has 2 N–H and O–H groups in total. The van der Waals surface area contributed by atoms with Gasteiger partial charge in [0.15, 0.2) is 0 Å². The van der Waals surface area contributed by atoms with Crippen LogP contribution >= 0.6 is 22.9 Å². The van der Waals surface area contributed by atoms with E-state index in [-0.39, 0.29) is 17.5 Å². The lowest BCUT2D eigenvalue weighted by Gasteiger charge is -2.62. The number of pyridine rings is 1. The average Bonchev–Trinajstić information content (AvgIpc) is 3.48. The first kappa shape index (κ1) is 24.4. The molecule has 4 aliphatic carbocycles. The van der Waals surface area contributed by atoms with Crippen LogP contribution in [0.3, 0.4) is 0 Å². The first-order valence-electron chi connectivity index (χ1n) is 12.5. The van der Waals surface area contributed by atoms with Crippen LogP contribution in [0.1, 0.15) is 69.2 Å². The van der Waals surface area contributed by atoms with E-state index in [4.69, 9.17) is 16.3 Å². The number of amides is 2. The van der Waals surface area contributed by atoms with Gasteiger partial charge in [0.05, 0.1) is 28.9 Å². The number of anilines is 2. The molecule has 6 rings (SSSR count). The van der Waals surface area contributed by atoms with E-state index in [1.165, 1.54) is 24.2 Å². The van der Waals surface area contributed by atoms with Crippen molar-refractivity contribution in [2.24, 2.45) is 11.8 Å². The summed E-state index contributed by atoms with van der Waals surface area (Å²) in [6.45, 7) is 2.03. The van der Waals surface area contributed by atoms with Crippen LogP contribution in [-0.4, -0.2) is 36.0 Å². The molecule has 9 heteroatoms. The molecule has 2 aromatic heterocycles. The lowest BCUT2D eigenvalue weighted by Crippen LogP contribution is -2.70. The number of aromatic nitrogens is 1. The number of nitrogens with one attached hydrogen (secondary N) is 2. The number of rotatable bonds is 11. The summed E-state index contributed by atoms with van der Waals surface area (Å²) in [6, 6.07) is 5.18. The summed E-state index contributed by atoms with van der Waals surface area (Å²) >= 11 is 7.65. The molecule has 0 radical (unpaired) electrons. The quantitative estimate of drug-likeness (QED) is 0.382. The van der Waals surface area contributed by atoms with Gasteiger partial charge in [-0.1, -0.05) is 37.3 Å². The maximum absolute atomic E-state index is 13.5. The lowest BCUT2D eigenvalue weighted by molar-refractivity contribution is -0.135. The number of hydrogen-bond acceptors (Lipinski definition) is 6. The van der Waals surface area contributed by atoms with Crippen molar-refractivity contribution in [1.29, 1.82) is 0 Å². The van der Waals surface area contributed by atoms with Crippen LogP contribution in [0.15, 0.2) is 24.4 Å². The number of thiophene rings is 1. The minimum atomic E-state index is -0.475. The van der Waals surface area contributed by atoms with Gasteiger partial charge in [0.25, 0.3) is 0 Å². The highest BCUT2D eigenvalue weighted by molar-refractivity contribution is 7.16. The molecule has 2 aromatic rings. The normalized spacial score (nSPS) is 24.6. The average molecular weight is 517 g/mol. The molecule has 4 fully saturated rings. The van der Waals surface area contributed by atoms with Crippen LogP contribution in [0, 0.1) is 11.8 Å². The third-order valence-electron chi connectivity index (χ3n) is 7.89. The van der Waals surface area contributed by atoms with Crippen molar-refractivity contribution < 1.29 is 14.3 Å². The Kier molecular flexibility index (Phi) is 6.95. The lowest BCUT2D eigenvalue weighted by atomic mass is 9.50. The molecule has 0 saturated heterocycles. The van der Waals surface area contributed by atoms with Crippen molar-refractivity contribution >= 4 is 45.9 Å². The van der Waals surface area contributed by atoms with Gasteiger partial charge in [-0.15, -0.1) is 11.3 Å². The second-order valence-electron chi connectivity index (χ2n) is 10.4.